The molecule has 1 fully saturated rings. The molecule has 1 N–H and O–H groups in total. The van der Waals surface area contributed by atoms with E-state index in [4.69, 9.17) is 0 Å². The van der Waals surface area contributed by atoms with Crippen molar-refractivity contribution in [2.75, 3.05) is 24.5 Å². The van der Waals surface area contributed by atoms with Gasteiger partial charge in [-0.1, -0.05) is 0 Å². The Balaban J connectivity index is 2.12. The fourth-order valence-corrected chi connectivity index (χ4v) is 2.45. The first-order valence-electron chi connectivity index (χ1n) is 7.23. The first kappa shape index (κ1) is 14.2. The lowest BCUT2D eigenvalue weighted by molar-refractivity contribution is 0.369. The zero-order valence-electron chi connectivity index (χ0n) is 12.5. The third kappa shape index (κ3) is 3.62. The molecular weight excluding hydrogens is 238 g/mol. The Bertz CT molecular complexity index is 412. The Morgan fingerprint density at radius 3 is 2.63 bits per heavy atom. The summed E-state index contributed by atoms with van der Waals surface area (Å²) in [5.74, 6) is 1.45. The van der Waals surface area contributed by atoms with Crippen LogP contribution in [0.4, 0.5) is 5.95 Å². The molecule has 0 radical (unpaired) electrons. The van der Waals surface area contributed by atoms with Crippen molar-refractivity contribution < 1.29 is 0 Å². The highest BCUT2D eigenvalue weighted by atomic mass is 15.3. The van der Waals surface area contributed by atoms with E-state index < -0.39 is 0 Å². The van der Waals surface area contributed by atoms with Crippen LogP contribution in [0.3, 0.4) is 0 Å². The number of nitrogens with one attached hydrogen (secondary N) is 1. The minimum absolute atomic E-state index is 0.394. The van der Waals surface area contributed by atoms with Crippen LogP contribution in [0, 0.1) is 19.8 Å². The Labute approximate surface area is 115 Å². The number of hydrogen-bond acceptors (Lipinski definition) is 5. The van der Waals surface area contributed by atoms with Crippen LogP contribution < -0.4 is 10.2 Å². The fraction of sp³-hybridized carbons (Fsp3) is 0.786. The predicted octanol–water partition coefficient (Wildman–Crippen LogP) is 1.70. The molecule has 19 heavy (non-hydrogen) atoms. The van der Waals surface area contributed by atoms with Gasteiger partial charge in [0.05, 0.1) is 11.4 Å². The molecule has 1 aromatic heterocycles. The van der Waals surface area contributed by atoms with Crippen molar-refractivity contribution in [3.8, 4) is 0 Å². The van der Waals surface area contributed by atoms with E-state index in [2.05, 4.69) is 39.2 Å². The third-order valence-electron chi connectivity index (χ3n) is 3.81. The van der Waals surface area contributed by atoms with E-state index in [0.717, 1.165) is 37.0 Å². The molecule has 0 amide bonds. The number of anilines is 1. The number of nitrogens with zero attached hydrogens (tertiary/aromatic N) is 4. The third-order valence-corrected chi connectivity index (χ3v) is 3.81. The van der Waals surface area contributed by atoms with E-state index in [1.54, 1.807) is 0 Å². The lowest BCUT2D eigenvalue weighted by Crippen LogP contribution is -2.42. The molecule has 0 spiro atoms. The number of aromatic nitrogens is 3. The zero-order valence-corrected chi connectivity index (χ0v) is 12.5. The van der Waals surface area contributed by atoms with Crippen LogP contribution in [0.1, 0.15) is 38.1 Å². The molecule has 1 atom stereocenters. The number of aryl methyl sites for hydroxylation is 2. The molecule has 2 heterocycles. The van der Waals surface area contributed by atoms with Gasteiger partial charge in [-0.2, -0.15) is 5.10 Å². The van der Waals surface area contributed by atoms with Crippen molar-refractivity contribution in [2.45, 2.75) is 46.6 Å². The van der Waals surface area contributed by atoms with Crippen molar-refractivity contribution in [1.29, 1.82) is 0 Å². The van der Waals surface area contributed by atoms with Gasteiger partial charge in [-0.05, 0) is 59.5 Å². The molecule has 1 aliphatic rings. The zero-order chi connectivity index (χ0) is 13.8. The molecule has 106 valence electrons. The van der Waals surface area contributed by atoms with Gasteiger partial charge in [0.1, 0.15) is 0 Å². The van der Waals surface area contributed by atoms with Crippen molar-refractivity contribution in [2.24, 2.45) is 5.92 Å². The first-order chi connectivity index (χ1) is 9.08. The van der Waals surface area contributed by atoms with Crippen LogP contribution in [0.15, 0.2) is 0 Å². The Morgan fingerprint density at radius 1 is 1.26 bits per heavy atom. The Hall–Kier alpha value is -1.23. The van der Waals surface area contributed by atoms with Crippen molar-refractivity contribution in [3.05, 3.63) is 11.4 Å². The second kappa shape index (κ2) is 6.28. The minimum Gasteiger partial charge on any atom is -0.337 e. The number of rotatable bonds is 4. The second-order valence-electron chi connectivity index (χ2n) is 5.74. The predicted molar refractivity (Wildman–Crippen MR) is 77.4 cm³/mol. The van der Waals surface area contributed by atoms with E-state index in [0.29, 0.717) is 12.0 Å². The van der Waals surface area contributed by atoms with Gasteiger partial charge in [-0.3, -0.25) is 0 Å². The van der Waals surface area contributed by atoms with Crippen molar-refractivity contribution in [3.63, 3.8) is 0 Å². The van der Waals surface area contributed by atoms with Crippen molar-refractivity contribution >= 4 is 5.95 Å². The molecule has 0 saturated carbocycles. The topological polar surface area (TPSA) is 53.9 Å². The minimum atomic E-state index is 0.394. The SMILES string of the molecule is Cc1nnc(N(CC2CCCNC2)C(C)C)nc1C. The Morgan fingerprint density at radius 2 is 2.05 bits per heavy atom. The quantitative estimate of drug-likeness (QED) is 0.896. The first-order valence-corrected chi connectivity index (χ1v) is 7.23. The molecular formula is C14H25N5. The molecule has 5 nitrogen and oxygen atoms in total. The lowest BCUT2D eigenvalue weighted by atomic mass is 9.99. The normalized spacial score (nSPS) is 19.7. The van der Waals surface area contributed by atoms with Gasteiger partial charge < -0.3 is 10.2 Å². The number of hydrogen-bond donors (Lipinski definition) is 1. The largest absolute Gasteiger partial charge is 0.337 e. The molecule has 2 rings (SSSR count). The summed E-state index contributed by atoms with van der Waals surface area (Å²) in [5.41, 5.74) is 1.88. The maximum atomic E-state index is 4.59. The average Bonchev–Trinajstić information content (AvgIpc) is 2.40. The van der Waals surface area contributed by atoms with Crippen LogP contribution in [0.2, 0.25) is 0 Å². The molecule has 0 bridgehead atoms. The van der Waals surface area contributed by atoms with E-state index in [1.807, 2.05) is 13.8 Å². The maximum Gasteiger partial charge on any atom is 0.245 e. The van der Waals surface area contributed by atoms with E-state index >= 15 is 0 Å². The van der Waals surface area contributed by atoms with E-state index in [-0.39, 0.29) is 0 Å². The molecule has 0 aliphatic carbocycles. The smallest absolute Gasteiger partial charge is 0.245 e. The van der Waals surface area contributed by atoms with Gasteiger partial charge in [-0.15, -0.1) is 5.10 Å². The summed E-state index contributed by atoms with van der Waals surface area (Å²) < 4.78 is 0. The van der Waals surface area contributed by atoms with Crippen molar-refractivity contribution in [1.82, 2.24) is 20.5 Å². The second-order valence-corrected chi connectivity index (χ2v) is 5.74. The standard InChI is InChI=1S/C14H25N5/c1-10(2)19(9-13-6-5-7-15-8-13)14-16-11(3)12(4)17-18-14/h10,13,15H,5-9H2,1-4H3. The van der Waals surface area contributed by atoms with Crippen LogP contribution in [-0.2, 0) is 0 Å². The molecule has 0 aromatic carbocycles. The average molecular weight is 263 g/mol. The number of piperidine rings is 1. The van der Waals surface area contributed by atoms with Gasteiger partial charge in [0.15, 0.2) is 0 Å². The molecule has 5 heteroatoms. The summed E-state index contributed by atoms with van der Waals surface area (Å²) in [7, 11) is 0. The van der Waals surface area contributed by atoms with Crippen LogP contribution >= 0.6 is 0 Å². The van der Waals surface area contributed by atoms with E-state index in [1.165, 1.54) is 12.8 Å². The van der Waals surface area contributed by atoms with Gasteiger partial charge in [-0.25, -0.2) is 4.98 Å². The summed E-state index contributed by atoms with van der Waals surface area (Å²) >= 11 is 0. The van der Waals surface area contributed by atoms with Crippen LogP contribution in [-0.4, -0.2) is 40.9 Å². The summed E-state index contributed by atoms with van der Waals surface area (Å²) in [6, 6.07) is 0.394. The highest BCUT2D eigenvalue weighted by Gasteiger charge is 2.21. The van der Waals surface area contributed by atoms with Gasteiger partial charge in [0.2, 0.25) is 5.95 Å². The summed E-state index contributed by atoms with van der Waals surface area (Å²) in [4.78, 5) is 6.87. The molecule has 1 aromatic rings. The Kier molecular flexibility index (Phi) is 4.69. The highest BCUT2D eigenvalue weighted by Crippen LogP contribution is 2.18. The summed E-state index contributed by atoms with van der Waals surface area (Å²) in [6.45, 7) is 11.6. The fourth-order valence-electron chi connectivity index (χ4n) is 2.45. The monoisotopic (exact) mass is 263 g/mol. The highest BCUT2D eigenvalue weighted by molar-refractivity contribution is 5.31. The molecule has 1 saturated heterocycles. The van der Waals surface area contributed by atoms with Gasteiger partial charge in [0, 0.05) is 12.6 Å². The molecule has 1 unspecified atom stereocenters. The maximum absolute atomic E-state index is 4.59. The summed E-state index contributed by atoms with van der Waals surface area (Å²) in [6.07, 6.45) is 2.55. The van der Waals surface area contributed by atoms with Crippen LogP contribution in [0.25, 0.3) is 0 Å². The summed E-state index contributed by atoms with van der Waals surface area (Å²) in [5, 5.41) is 11.9. The van der Waals surface area contributed by atoms with Crippen LogP contribution in [0.5, 0.6) is 0 Å². The molecule has 1 aliphatic heterocycles. The lowest BCUT2D eigenvalue weighted by Gasteiger charge is -2.32. The van der Waals surface area contributed by atoms with E-state index in [9.17, 15) is 0 Å². The van der Waals surface area contributed by atoms with Gasteiger partial charge in [0.25, 0.3) is 0 Å². The van der Waals surface area contributed by atoms with Gasteiger partial charge >= 0.3 is 0 Å².